The van der Waals surface area contributed by atoms with Crippen molar-refractivity contribution in [2.24, 2.45) is 0 Å². The molecule has 0 saturated carbocycles. The van der Waals surface area contributed by atoms with E-state index in [1.807, 2.05) is 30.3 Å². The van der Waals surface area contributed by atoms with Crippen LogP contribution in [0.3, 0.4) is 0 Å². The standard InChI is InChI=1S/C49H40FNO.C40H25N.C40H24O/c1-48(2,3)34-16-7-30(8-17-34)37-22-13-32-14-23-39-41(31-9-18-35(19-10-31)49(4,5)6)28-42(40-25-24-38(37)45(32)46(39)40)47-51-43-27-33(15-26-44(43)52-47)29-11-20-36(50)21-12-29;1-2-8-26(9-3-1)31-22-16-28-19-25-36-32(23-17-29-18-24-35(31)39(28)40(29)36)27-14-20-30(21-15-27)41-37-12-6-4-10-33(37)34-11-5-7-13-38(34)41;1-2-7-25(8-3-1)30-21-17-28-20-24-35-31(22-18-29-19-23-34(30)38(28)39(29)35)26-13-15-27(16-14-26)32-10-6-11-36-33-9-4-5-12-37(33)41-40(32)36/h7-28H,1-6H3;1-25H;1-24H. The Hall–Kier alpha value is -16.6. The first-order chi connectivity index (χ1) is 65.6. The Bertz CT molecular complexity index is 9210. The maximum absolute atomic E-state index is 13.7. The Morgan fingerprint density at radius 3 is 1.03 bits per heavy atom. The first-order valence-corrected chi connectivity index (χ1v) is 46.4. The van der Waals surface area contributed by atoms with Gasteiger partial charge < -0.3 is 13.4 Å². The highest BCUT2D eigenvalue weighted by atomic mass is 19.1. The zero-order valence-corrected chi connectivity index (χ0v) is 75.1. The van der Waals surface area contributed by atoms with E-state index >= 15 is 0 Å². The van der Waals surface area contributed by atoms with Crippen LogP contribution >= 0.6 is 0 Å². The molecule has 4 nitrogen and oxygen atoms in total. The van der Waals surface area contributed by atoms with Gasteiger partial charge in [0.2, 0.25) is 5.89 Å². The predicted molar refractivity (Wildman–Crippen MR) is 566 cm³/mol. The molecule has 0 saturated heterocycles. The van der Waals surface area contributed by atoms with Gasteiger partial charge in [0.05, 0.1) is 11.0 Å². The van der Waals surface area contributed by atoms with Crippen molar-refractivity contribution in [3.63, 3.8) is 0 Å². The van der Waals surface area contributed by atoms with Gasteiger partial charge in [0.15, 0.2) is 5.58 Å². The van der Waals surface area contributed by atoms with Crippen molar-refractivity contribution in [2.45, 2.75) is 52.4 Å². The fraction of sp³-hybridized carbons (Fsp3) is 0.0620. The van der Waals surface area contributed by atoms with E-state index in [0.29, 0.717) is 11.5 Å². The van der Waals surface area contributed by atoms with Crippen LogP contribution in [0.15, 0.2) is 440 Å². The van der Waals surface area contributed by atoms with Crippen molar-refractivity contribution < 1.29 is 13.2 Å². The summed E-state index contributed by atoms with van der Waals surface area (Å²) in [5.74, 6) is 0.326. The zero-order chi connectivity index (χ0) is 89.8. The van der Waals surface area contributed by atoms with Crippen molar-refractivity contribution in [3.8, 4) is 106 Å². The summed E-state index contributed by atoms with van der Waals surface area (Å²) < 4.78 is 29.0. The number of para-hydroxylation sites is 4. The van der Waals surface area contributed by atoms with Gasteiger partial charge in [-0.2, -0.15) is 0 Å². The van der Waals surface area contributed by atoms with Gasteiger partial charge in [-0.1, -0.05) is 412 Å². The molecule has 0 aliphatic carbocycles. The third kappa shape index (κ3) is 13.3. The van der Waals surface area contributed by atoms with Crippen molar-refractivity contribution in [1.82, 2.24) is 9.55 Å². The van der Waals surface area contributed by atoms with Crippen LogP contribution in [0, 0.1) is 5.82 Å². The van der Waals surface area contributed by atoms with E-state index in [9.17, 15) is 4.39 Å². The van der Waals surface area contributed by atoms with Gasteiger partial charge >= 0.3 is 0 Å². The molecule has 0 radical (unpaired) electrons. The molecule has 0 aliphatic heterocycles. The first-order valence-electron chi connectivity index (χ1n) is 46.4. The van der Waals surface area contributed by atoms with Crippen molar-refractivity contribution in [3.05, 3.63) is 448 Å². The lowest BCUT2D eigenvalue weighted by atomic mass is 9.83. The summed E-state index contributed by atoms with van der Waals surface area (Å²) in [5.41, 5.74) is 29.7. The summed E-state index contributed by atoms with van der Waals surface area (Å²) in [6.07, 6.45) is 0. The molecule has 0 unspecified atom stereocenters. The highest BCUT2D eigenvalue weighted by Crippen LogP contribution is 2.51. The summed E-state index contributed by atoms with van der Waals surface area (Å²) in [6, 6.07) is 154. The number of fused-ring (bicyclic) bond motifs is 7. The van der Waals surface area contributed by atoms with E-state index in [0.717, 1.165) is 71.8 Å². The van der Waals surface area contributed by atoms with Crippen molar-refractivity contribution in [1.29, 1.82) is 0 Å². The largest absolute Gasteiger partial charge is 0.455 e. The Morgan fingerprint density at radius 2 is 0.567 bits per heavy atom. The number of hydrogen-bond acceptors (Lipinski definition) is 3. The van der Waals surface area contributed by atoms with Gasteiger partial charge in [-0.05, 0) is 263 Å². The van der Waals surface area contributed by atoms with Crippen LogP contribution in [0.5, 0.6) is 0 Å². The molecule has 0 atom stereocenters. The van der Waals surface area contributed by atoms with Crippen molar-refractivity contribution in [2.75, 3.05) is 0 Å². The summed E-state index contributed by atoms with van der Waals surface area (Å²) in [4.78, 5) is 5.10. The third-order valence-electron chi connectivity index (χ3n) is 28.1. The number of aromatic nitrogens is 2. The molecular weight excluding hydrogens is 1630 g/mol. The molecule has 0 bridgehead atoms. The fourth-order valence-corrected chi connectivity index (χ4v) is 21.4. The normalized spacial score (nSPS) is 12.1. The minimum absolute atomic E-state index is 0.0544. The van der Waals surface area contributed by atoms with Gasteiger partial charge in [0.25, 0.3) is 0 Å². The minimum Gasteiger partial charge on any atom is -0.455 e. The Balaban J connectivity index is 0.000000109. The molecule has 3 heterocycles. The number of hydrogen-bond donors (Lipinski definition) is 0. The molecule has 634 valence electrons. The maximum atomic E-state index is 13.7. The maximum Gasteiger partial charge on any atom is 0.227 e. The summed E-state index contributed by atoms with van der Waals surface area (Å²) in [5, 5.41) is 27.8. The van der Waals surface area contributed by atoms with Gasteiger partial charge in [0, 0.05) is 38.4 Å². The second kappa shape index (κ2) is 31.3. The van der Waals surface area contributed by atoms with E-state index in [1.165, 1.54) is 198 Å². The lowest BCUT2D eigenvalue weighted by Gasteiger charge is -2.21. The highest BCUT2D eigenvalue weighted by Gasteiger charge is 2.26. The van der Waals surface area contributed by atoms with Gasteiger partial charge in [0.1, 0.15) is 22.5 Å². The SMILES string of the molecule is CC(C)(C)c1ccc(-c2ccc3ccc4c(-c5ccc(C(C)(C)C)cc5)cc(-c5nc6cc(-c7ccc(F)cc7)ccc6o5)c5ccc2c3c45)cc1.c1ccc(-c2ccc3ccc4c(-c5ccc(-c6cccc7c6oc6ccccc67)cc5)ccc5ccc2c3c54)cc1.c1ccc(-c2ccc3ccc4c(-c5ccc(-n6c7ccccc7c7ccccc76)cc5)ccc5ccc2c3c54)cc1. The van der Waals surface area contributed by atoms with Gasteiger partial charge in [-0.15, -0.1) is 0 Å². The molecule has 27 rings (SSSR count). The van der Waals surface area contributed by atoms with E-state index < -0.39 is 0 Å². The van der Waals surface area contributed by atoms with Crippen LogP contribution in [-0.2, 0) is 10.8 Å². The van der Waals surface area contributed by atoms with Crippen LogP contribution in [0.2, 0.25) is 0 Å². The average molecular weight is 1720 g/mol. The number of nitrogens with zero attached hydrogens (tertiary/aromatic N) is 2. The average Bonchev–Trinajstić information content (AvgIpc) is 0.805. The second-order valence-corrected chi connectivity index (χ2v) is 38.0. The molecule has 5 heteroatoms. The number of rotatable bonds is 10. The summed E-state index contributed by atoms with van der Waals surface area (Å²) in [7, 11) is 0. The molecule has 0 N–H and O–H groups in total. The number of benzene rings is 24. The minimum atomic E-state index is -0.253. The monoisotopic (exact) mass is 1720 g/mol. The van der Waals surface area contributed by atoms with E-state index in [2.05, 4.69) is 422 Å². The molecule has 0 aliphatic rings. The van der Waals surface area contributed by atoms with E-state index in [-0.39, 0.29) is 16.6 Å². The lowest BCUT2D eigenvalue weighted by molar-refractivity contribution is 0.590. The molecule has 0 fully saturated rings. The van der Waals surface area contributed by atoms with Crippen LogP contribution < -0.4 is 0 Å². The zero-order valence-electron chi connectivity index (χ0n) is 75.1. The lowest BCUT2D eigenvalue weighted by Crippen LogP contribution is -2.10. The molecule has 0 spiro atoms. The number of furan rings is 1. The summed E-state index contributed by atoms with van der Waals surface area (Å²) in [6.45, 7) is 13.5. The fourth-order valence-electron chi connectivity index (χ4n) is 21.4. The molecule has 24 aromatic carbocycles. The van der Waals surface area contributed by atoms with Gasteiger partial charge in [-0.3, -0.25) is 0 Å². The second-order valence-electron chi connectivity index (χ2n) is 38.0. The van der Waals surface area contributed by atoms with E-state index in [1.54, 1.807) is 12.1 Å². The Kier molecular flexibility index (Phi) is 18.6. The number of halogens is 1. The first kappa shape index (κ1) is 79.6. The van der Waals surface area contributed by atoms with Crippen LogP contribution in [0.4, 0.5) is 4.39 Å². The Labute approximate surface area is 775 Å². The van der Waals surface area contributed by atoms with Crippen LogP contribution in [0.1, 0.15) is 52.7 Å². The predicted octanol–water partition coefficient (Wildman–Crippen LogP) is 36.6. The molecule has 3 aromatic heterocycles. The van der Waals surface area contributed by atoms with E-state index in [4.69, 9.17) is 13.8 Å². The Morgan fingerprint density at radius 1 is 0.224 bits per heavy atom. The summed E-state index contributed by atoms with van der Waals surface area (Å²) >= 11 is 0. The molecular formula is C129H89FN2O2. The molecule has 27 aromatic rings. The van der Waals surface area contributed by atoms with Crippen LogP contribution in [-0.4, -0.2) is 9.55 Å². The molecule has 134 heavy (non-hydrogen) atoms. The third-order valence-corrected chi connectivity index (χ3v) is 28.1. The quantitative estimate of drug-likeness (QED) is 0.128. The highest BCUT2D eigenvalue weighted by molar-refractivity contribution is 6.32. The number of oxazole rings is 1. The van der Waals surface area contributed by atoms with Crippen molar-refractivity contribution >= 4 is 152 Å². The van der Waals surface area contributed by atoms with Crippen LogP contribution in [0.25, 0.3) is 258 Å². The topological polar surface area (TPSA) is 44.1 Å². The van der Waals surface area contributed by atoms with Gasteiger partial charge in [-0.25, -0.2) is 9.37 Å². The molecule has 0 amide bonds. The smallest absolute Gasteiger partial charge is 0.227 e.